The van der Waals surface area contributed by atoms with Crippen LogP contribution in [0.2, 0.25) is 0 Å². The third kappa shape index (κ3) is 5.84. The quantitative estimate of drug-likeness (QED) is 0.737. The molecule has 1 aromatic heterocycles. The first-order valence-electron chi connectivity index (χ1n) is 6.56. The summed E-state index contributed by atoms with van der Waals surface area (Å²) in [6.07, 6.45) is 2.85. The summed E-state index contributed by atoms with van der Waals surface area (Å²) in [6, 6.07) is 0. The molecule has 0 saturated carbocycles. The van der Waals surface area contributed by atoms with Gasteiger partial charge in [0.2, 0.25) is 0 Å². The minimum atomic E-state index is -0.0301. The van der Waals surface area contributed by atoms with Crippen molar-refractivity contribution in [3.05, 3.63) is 26.8 Å². The highest BCUT2D eigenvalue weighted by molar-refractivity contribution is 9.10. The van der Waals surface area contributed by atoms with Crippen LogP contribution in [0.1, 0.15) is 26.0 Å². The normalized spacial score (nSPS) is 11.2. The lowest BCUT2D eigenvalue weighted by molar-refractivity contribution is 0.0771. The Labute approximate surface area is 122 Å². The molecule has 1 heterocycles. The molecule has 6 heteroatoms. The fourth-order valence-electron chi connectivity index (χ4n) is 1.55. The maximum atomic E-state index is 11.9. The molecule has 0 saturated heterocycles. The summed E-state index contributed by atoms with van der Waals surface area (Å²) in [5.41, 5.74) is 0.692. The second-order valence-corrected chi connectivity index (χ2v) is 5.46. The van der Waals surface area contributed by atoms with Crippen molar-refractivity contribution in [1.82, 2.24) is 14.9 Å². The van der Waals surface area contributed by atoms with E-state index in [0.29, 0.717) is 11.0 Å². The Morgan fingerprint density at radius 1 is 1.47 bits per heavy atom. The molecule has 0 spiro atoms. The molecule has 0 bridgehead atoms. The van der Waals surface area contributed by atoms with E-state index in [1.54, 1.807) is 10.9 Å². The molecular formula is C13H22BrN3O2. The highest BCUT2D eigenvalue weighted by atomic mass is 79.9. The number of halogens is 1. The van der Waals surface area contributed by atoms with Gasteiger partial charge in [-0.25, -0.2) is 4.98 Å². The third-order valence-corrected chi connectivity index (χ3v) is 3.55. The summed E-state index contributed by atoms with van der Waals surface area (Å²) in [4.78, 5) is 16.0. The van der Waals surface area contributed by atoms with Gasteiger partial charge in [0.1, 0.15) is 4.47 Å². The van der Waals surface area contributed by atoms with Gasteiger partial charge in [-0.05, 0) is 49.7 Å². The maximum Gasteiger partial charge on any atom is 0.267 e. The predicted octanol–water partition coefficient (Wildman–Crippen LogP) is 1.72. The largest absolute Gasteiger partial charge is 0.379 e. The first-order chi connectivity index (χ1) is 9.02. The first-order valence-corrected chi connectivity index (χ1v) is 7.35. The van der Waals surface area contributed by atoms with Crippen molar-refractivity contribution < 1.29 is 4.74 Å². The Hall–Kier alpha value is -0.720. The lowest BCUT2D eigenvalue weighted by atomic mass is 10.4. The van der Waals surface area contributed by atoms with Gasteiger partial charge < -0.3 is 10.1 Å². The maximum absolute atomic E-state index is 11.9. The smallest absolute Gasteiger partial charge is 0.267 e. The summed E-state index contributed by atoms with van der Waals surface area (Å²) in [6.45, 7) is 8.89. The Bertz CT molecular complexity index is 446. The summed E-state index contributed by atoms with van der Waals surface area (Å²) >= 11 is 3.25. The number of nitrogens with one attached hydrogen (secondary N) is 1. The van der Waals surface area contributed by atoms with Crippen molar-refractivity contribution in [2.45, 2.75) is 39.8 Å². The van der Waals surface area contributed by atoms with Crippen LogP contribution in [0.4, 0.5) is 0 Å². The van der Waals surface area contributed by atoms with E-state index in [1.165, 1.54) is 0 Å². The van der Waals surface area contributed by atoms with Gasteiger partial charge in [0.05, 0.1) is 18.1 Å². The summed E-state index contributed by atoms with van der Waals surface area (Å²) in [7, 11) is 0. The van der Waals surface area contributed by atoms with Crippen LogP contribution < -0.4 is 10.9 Å². The van der Waals surface area contributed by atoms with Crippen molar-refractivity contribution in [2.24, 2.45) is 0 Å². The van der Waals surface area contributed by atoms with Crippen molar-refractivity contribution in [1.29, 1.82) is 0 Å². The van der Waals surface area contributed by atoms with Gasteiger partial charge in [0, 0.05) is 19.7 Å². The van der Waals surface area contributed by atoms with E-state index in [0.717, 1.165) is 31.8 Å². The third-order valence-electron chi connectivity index (χ3n) is 2.64. The number of rotatable bonds is 8. The van der Waals surface area contributed by atoms with Crippen LogP contribution in [-0.4, -0.2) is 35.4 Å². The molecule has 1 N–H and O–H groups in total. The van der Waals surface area contributed by atoms with Crippen LogP contribution >= 0.6 is 15.9 Å². The SMILES string of the molecule is Cc1ncn(CCNCCCOC(C)C)c(=O)c1Br. The lowest BCUT2D eigenvalue weighted by Gasteiger charge is -2.09. The number of hydrogen-bond acceptors (Lipinski definition) is 4. The van der Waals surface area contributed by atoms with Gasteiger partial charge in [0.15, 0.2) is 0 Å². The standard InChI is InChI=1S/C13H22BrN3O2/c1-10(2)19-8-4-5-15-6-7-17-9-16-11(3)12(14)13(17)18/h9-10,15H,4-8H2,1-3H3. The zero-order valence-corrected chi connectivity index (χ0v) is 13.4. The summed E-state index contributed by atoms with van der Waals surface area (Å²) < 4.78 is 7.59. The minimum absolute atomic E-state index is 0.0301. The highest BCUT2D eigenvalue weighted by Gasteiger charge is 2.04. The van der Waals surface area contributed by atoms with E-state index in [1.807, 2.05) is 20.8 Å². The predicted molar refractivity (Wildman–Crippen MR) is 79.5 cm³/mol. The van der Waals surface area contributed by atoms with Crippen LogP contribution in [0.25, 0.3) is 0 Å². The second kappa shape index (κ2) is 8.45. The fraction of sp³-hybridized carbons (Fsp3) is 0.692. The van der Waals surface area contributed by atoms with E-state index >= 15 is 0 Å². The summed E-state index contributed by atoms with van der Waals surface area (Å²) in [5, 5.41) is 3.29. The Kier molecular flexibility index (Phi) is 7.27. The molecule has 0 aliphatic carbocycles. The topological polar surface area (TPSA) is 56.1 Å². The van der Waals surface area contributed by atoms with E-state index in [2.05, 4.69) is 26.2 Å². The van der Waals surface area contributed by atoms with Gasteiger partial charge in [-0.3, -0.25) is 9.36 Å². The monoisotopic (exact) mass is 331 g/mol. The molecule has 0 aromatic carbocycles. The Balaban J connectivity index is 2.23. The number of nitrogens with zero attached hydrogens (tertiary/aromatic N) is 2. The molecule has 0 atom stereocenters. The van der Waals surface area contributed by atoms with Crippen LogP contribution in [0.15, 0.2) is 15.6 Å². The molecule has 0 amide bonds. The van der Waals surface area contributed by atoms with Crippen molar-refractivity contribution >= 4 is 15.9 Å². The molecule has 108 valence electrons. The van der Waals surface area contributed by atoms with Gasteiger partial charge in [0.25, 0.3) is 5.56 Å². The first kappa shape index (κ1) is 16.3. The zero-order chi connectivity index (χ0) is 14.3. The van der Waals surface area contributed by atoms with Crippen molar-refractivity contribution in [3.8, 4) is 0 Å². The van der Waals surface area contributed by atoms with Crippen LogP contribution in [0, 0.1) is 6.92 Å². The zero-order valence-electron chi connectivity index (χ0n) is 11.8. The fourth-order valence-corrected chi connectivity index (χ4v) is 1.88. The Morgan fingerprint density at radius 3 is 2.89 bits per heavy atom. The summed E-state index contributed by atoms with van der Waals surface area (Å²) in [5.74, 6) is 0. The number of hydrogen-bond donors (Lipinski definition) is 1. The number of aromatic nitrogens is 2. The van der Waals surface area contributed by atoms with Crippen LogP contribution in [-0.2, 0) is 11.3 Å². The Morgan fingerprint density at radius 2 is 2.21 bits per heavy atom. The number of ether oxygens (including phenoxy) is 1. The highest BCUT2D eigenvalue weighted by Crippen LogP contribution is 2.05. The molecule has 0 radical (unpaired) electrons. The van der Waals surface area contributed by atoms with Gasteiger partial charge in [-0.2, -0.15) is 0 Å². The van der Waals surface area contributed by atoms with Crippen LogP contribution in [0.3, 0.4) is 0 Å². The molecule has 0 unspecified atom stereocenters. The van der Waals surface area contributed by atoms with Crippen LogP contribution in [0.5, 0.6) is 0 Å². The average molecular weight is 332 g/mol. The molecule has 1 rings (SSSR count). The van der Waals surface area contributed by atoms with Crippen molar-refractivity contribution in [3.63, 3.8) is 0 Å². The molecule has 0 aliphatic rings. The average Bonchev–Trinajstić information content (AvgIpc) is 2.37. The minimum Gasteiger partial charge on any atom is -0.379 e. The van der Waals surface area contributed by atoms with Gasteiger partial charge in [-0.1, -0.05) is 0 Å². The molecule has 1 aromatic rings. The number of aryl methyl sites for hydroxylation is 1. The van der Waals surface area contributed by atoms with E-state index in [9.17, 15) is 4.79 Å². The van der Waals surface area contributed by atoms with E-state index in [4.69, 9.17) is 4.74 Å². The second-order valence-electron chi connectivity index (χ2n) is 4.67. The molecule has 0 aliphatic heterocycles. The van der Waals surface area contributed by atoms with Gasteiger partial charge in [-0.15, -0.1) is 0 Å². The lowest BCUT2D eigenvalue weighted by Crippen LogP contribution is -2.29. The molecular weight excluding hydrogens is 310 g/mol. The van der Waals surface area contributed by atoms with Crippen molar-refractivity contribution in [2.75, 3.05) is 19.7 Å². The molecule has 0 fully saturated rings. The molecule has 5 nitrogen and oxygen atoms in total. The van der Waals surface area contributed by atoms with E-state index in [-0.39, 0.29) is 11.7 Å². The van der Waals surface area contributed by atoms with E-state index < -0.39 is 0 Å². The molecule has 19 heavy (non-hydrogen) atoms. The van der Waals surface area contributed by atoms with Gasteiger partial charge >= 0.3 is 0 Å².